The first kappa shape index (κ1) is 15.5. The number of benzene rings is 1. The minimum atomic E-state index is -1.52. The van der Waals surface area contributed by atoms with Crippen molar-refractivity contribution >= 4 is 17.5 Å². The van der Waals surface area contributed by atoms with Crippen LogP contribution in [-0.2, 0) is 4.79 Å². The summed E-state index contributed by atoms with van der Waals surface area (Å²) < 4.78 is 26.9. The first-order chi connectivity index (χ1) is 9.06. The van der Waals surface area contributed by atoms with Gasteiger partial charge in [-0.1, -0.05) is 0 Å². The summed E-state index contributed by atoms with van der Waals surface area (Å²) >= 11 is 0. The molecule has 0 aliphatic rings. The van der Waals surface area contributed by atoms with Gasteiger partial charge in [-0.05, 0) is 19.9 Å². The maximum Gasteiger partial charge on any atom is 0.308 e. The van der Waals surface area contributed by atoms with E-state index in [-0.39, 0.29) is 0 Å². The van der Waals surface area contributed by atoms with E-state index in [1.807, 2.05) is 0 Å². The third kappa shape index (κ3) is 3.05. The molecule has 0 aliphatic carbocycles. The van der Waals surface area contributed by atoms with Crippen LogP contribution >= 0.6 is 0 Å². The molecule has 3 N–H and O–H groups in total. The second kappa shape index (κ2) is 5.19. The number of carbonyl (C=O) groups excluding carboxylic acids is 2. The Morgan fingerprint density at radius 3 is 2.35 bits per heavy atom. The van der Waals surface area contributed by atoms with Crippen molar-refractivity contribution in [3.05, 3.63) is 39.4 Å². The molecule has 0 unspecified atom stereocenters. The van der Waals surface area contributed by atoms with Gasteiger partial charge in [0.05, 0.1) is 16.6 Å². The number of carbonyl (C=O) groups is 2. The molecule has 1 aromatic carbocycles. The van der Waals surface area contributed by atoms with E-state index in [2.05, 4.69) is 5.32 Å². The summed E-state index contributed by atoms with van der Waals surface area (Å²) in [6, 6.07) is 0.847. The van der Waals surface area contributed by atoms with Crippen molar-refractivity contribution in [2.24, 2.45) is 5.73 Å². The van der Waals surface area contributed by atoms with E-state index in [1.165, 1.54) is 13.8 Å². The average molecular weight is 287 g/mol. The van der Waals surface area contributed by atoms with E-state index >= 15 is 0 Å². The summed E-state index contributed by atoms with van der Waals surface area (Å²) in [5.74, 6) is -4.74. The van der Waals surface area contributed by atoms with Crippen LogP contribution in [0.5, 0.6) is 0 Å². The molecular weight excluding hydrogens is 276 g/mol. The van der Waals surface area contributed by atoms with E-state index < -0.39 is 45.2 Å². The molecule has 0 heterocycles. The summed E-state index contributed by atoms with van der Waals surface area (Å²) in [6.07, 6.45) is 0. The van der Waals surface area contributed by atoms with Gasteiger partial charge in [0, 0.05) is 0 Å². The average Bonchev–Trinajstić information content (AvgIpc) is 2.30. The Labute approximate surface area is 111 Å². The van der Waals surface area contributed by atoms with Crippen LogP contribution in [0.15, 0.2) is 12.1 Å². The van der Waals surface area contributed by atoms with Gasteiger partial charge in [-0.15, -0.1) is 0 Å². The molecule has 1 aromatic rings. The smallest absolute Gasteiger partial charge is 0.308 e. The first-order valence-corrected chi connectivity index (χ1v) is 5.32. The predicted molar refractivity (Wildman–Crippen MR) is 63.8 cm³/mol. The van der Waals surface area contributed by atoms with Crippen molar-refractivity contribution in [3.8, 4) is 0 Å². The maximum atomic E-state index is 13.7. The molecule has 0 saturated carbocycles. The molecule has 9 heteroatoms. The third-order valence-corrected chi connectivity index (χ3v) is 2.50. The lowest BCUT2D eigenvalue weighted by Gasteiger charge is -2.22. The number of halogens is 2. The van der Waals surface area contributed by atoms with Crippen molar-refractivity contribution in [2.75, 3.05) is 0 Å². The van der Waals surface area contributed by atoms with E-state index in [0.717, 1.165) is 0 Å². The molecule has 0 radical (unpaired) electrons. The molecule has 1 rings (SSSR count). The van der Waals surface area contributed by atoms with Gasteiger partial charge in [-0.3, -0.25) is 19.7 Å². The van der Waals surface area contributed by atoms with Crippen molar-refractivity contribution in [3.63, 3.8) is 0 Å². The molecular formula is C11H11F2N3O4. The predicted octanol–water partition coefficient (Wildman–Crippen LogP) is 0.867. The Hall–Kier alpha value is -2.58. The van der Waals surface area contributed by atoms with Crippen LogP contribution in [0.25, 0.3) is 0 Å². The standard InChI is InChI=1S/C11H11F2N3O4/c1-11(2,10(14)18)15-9(17)6-3-5(12)4-7(8(6)13)16(19)20/h3-4H,1-2H3,(H2,14,18)(H,15,17). The summed E-state index contributed by atoms with van der Waals surface area (Å²) in [4.78, 5) is 32.2. The molecule has 108 valence electrons. The number of hydrogen-bond donors (Lipinski definition) is 2. The van der Waals surface area contributed by atoms with Crippen molar-refractivity contribution in [1.82, 2.24) is 5.32 Å². The lowest BCUT2D eigenvalue weighted by atomic mass is 10.0. The maximum absolute atomic E-state index is 13.7. The number of nitro benzene ring substituents is 1. The second-order valence-electron chi connectivity index (χ2n) is 4.49. The third-order valence-electron chi connectivity index (χ3n) is 2.50. The number of nitrogens with two attached hydrogens (primary N) is 1. The number of amides is 2. The molecule has 0 spiro atoms. The van der Waals surface area contributed by atoms with E-state index in [0.29, 0.717) is 12.1 Å². The van der Waals surface area contributed by atoms with Crippen molar-refractivity contribution in [2.45, 2.75) is 19.4 Å². The molecule has 0 saturated heterocycles. The zero-order valence-corrected chi connectivity index (χ0v) is 10.6. The Morgan fingerprint density at radius 1 is 1.35 bits per heavy atom. The van der Waals surface area contributed by atoms with E-state index in [9.17, 15) is 28.5 Å². The quantitative estimate of drug-likeness (QED) is 0.631. The molecule has 7 nitrogen and oxygen atoms in total. The monoisotopic (exact) mass is 287 g/mol. The Kier molecular flexibility index (Phi) is 4.02. The van der Waals surface area contributed by atoms with Gasteiger partial charge in [-0.2, -0.15) is 4.39 Å². The number of primary amides is 1. The molecule has 20 heavy (non-hydrogen) atoms. The van der Waals surface area contributed by atoms with Crippen LogP contribution in [0.4, 0.5) is 14.5 Å². The Bertz CT molecular complexity index is 602. The number of rotatable bonds is 4. The minimum Gasteiger partial charge on any atom is -0.368 e. The topological polar surface area (TPSA) is 115 Å². The summed E-state index contributed by atoms with van der Waals surface area (Å²) in [5, 5.41) is 12.6. The van der Waals surface area contributed by atoms with Crippen LogP contribution in [0.1, 0.15) is 24.2 Å². The highest BCUT2D eigenvalue weighted by atomic mass is 19.1. The molecule has 2 amide bonds. The number of nitrogens with one attached hydrogen (secondary N) is 1. The summed E-state index contributed by atoms with van der Waals surface area (Å²) in [6.45, 7) is 2.50. The fraction of sp³-hybridized carbons (Fsp3) is 0.273. The van der Waals surface area contributed by atoms with Crippen LogP contribution in [0, 0.1) is 21.7 Å². The zero-order chi connectivity index (χ0) is 15.7. The van der Waals surface area contributed by atoms with Gasteiger partial charge in [0.2, 0.25) is 11.7 Å². The summed E-state index contributed by atoms with van der Waals surface area (Å²) in [5.41, 5.74) is 1.43. The molecule has 0 atom stereocenters. The van der Waals surface area contributed by atoms with Gasteiger partial charge in [0.15, 0.2) is 0 Å². The highest BCUT2D eigenvalue weighted by Crippen LogP contribution is 2.22. The van der Waals surface area contributed by atoms with Crippen LogP contribution in [0.3, 0.4) is 0 Å². The van der Waals surface area contributed by atoms with Gasteiger partial charge >= 0.3 is 5.69 Å². The number of nitro groups is 1. The first-order valence-electron chi connectivity index (χ1n) is 5.32. The van der Waals surface area contributed by atoms with Gasteiger partial charge < -0.3 is 11.1 Å². The molecule has 0 fully saturated rings. The minimum absolute atomic E-state index is 0.353. The van der Waals surface area contributed by atoms with E-state index in [4.69, 9.17) is 5.73 Å². The van der Waals surface area contributed by atoms with Crippen molar-refractivity contribution < 1.29 is 23.3 Å². The van der Waals surface area contributed by atoms with Crippen LogP contribution in [-0.4, -0.2) is 22.3 Å². The Balaban J connectivity index is 3.24. The lowest BCUT2D eigenvalue weighted by molar-refractivity contribution is -0.387. The van der Waals surface area contributed by atoms with Gasteiger partial charge in [-0.25, -0.2) is 4.39 Å². The number of hydrogen-bond acceptors (Lipinski definition) is 4. The normalized spacial score (nSPS) is 11.0. The van der Waals surface area contributed by atoms with Crippen molar-refractivity contribution in [1.29, 1.82) is 0 Å². The highest BCUT2D eigenvalue weighted by molar-refractivity contribution is 5.99. The van der Waals surface area contributed by atoms with Gasteiger partial charge in [0.1, 0.15) is 11.4 Å². The van der Waals surface area contributed by atoms with Crippen LogP contribution < -0.4 is 11.1 Å². The van der Waals surface area contributed by atoms with Crippen LogP contribution in [0.2, 0.25) is 0 Å². The zero-order valence-electron chi connectivity index (χ0n) is 10.6. The number of nitrogens with zero attached hydrogens (tertiary/aromatic N) is 1. The fourth-order valence-corrected chi connectivity index (χ4v) is 1.29. The second-order valence-corrected chi connectivity index (χ2v) is 4.49. The largest absolute Gasteiger partial charge is 0.368 e. The molecule has 0 aromatic heterocycles. The fourth-order valence-electron chi connectivity index (χ4n) is 1.29. The lowest BCUT2D eigenvalue weighted by Crippen LogP contribution is -2.53. The van der Waals surface area contributed by atoms with Gasteiger partial charge in [0.25, 0.3) is 5.91 Å². The summed E-state index contributed by atoms with van der Waals surface area (Å²) in [7, 11) is 0. The molecule has 0 aliphatic heterocycles. The SMILES string of the molecule is CC(C)(NC(=O)c1cc(F)cc([N+](=O)[O-])c1F)C(N)=O. The van der Waals surface area contributed by atoms with E-state index in [1.54, 1.807) is 0 Å². The molecule has 0 bridgehead atoms. The highest BCUT2D eigenvalue weighted by Gasteiger charge is 2.31. The Morgan fingerprint density at radius 2 is 1.90 bits per heavy atom.